The lowest BCUT2D eigenvalue weighted by atomic mass is 10.0. The number of nitrogens with one attached hydrogen (secondary N) is 2. The van der Waals surface area contributed by atoms with Crippen LogP contribution < -0.4 is 15.4 Å². The van der Waals surface area contributed by atoms with Crippen molar-refractivity contribution in [3.05, 3.63) is 76.6 Å². The maximum Gasteiger partial charge on any atom is 0.253 e. The van der Waals surface area contributed by atoms with Gasteiger partial charge in [0.05, 0.1) is 35.2 Å². The number of nitrogens with zero attached hydrogens (tertiary/aromatic N) is 3. The number of halogens is 2. The first-order valence-corrected chi connectivity index (χ1v) is 12.8. The lowest BCUT2D eigenvalue weighted by molar-refractivity contribution is -0.113. The molecule has 0 radical (unpaired) electrons. The van der Waals surface area contributed by atoms with E-state index < -0.39 is 6.04 Å². The second-order valence-electron chi connectivity index (χ2n) is 8.10. The van der Waals surface area contributed by atoms with Crippen LogP contribution in [-0.4, -0.2) is 39.4 Å². The number of benzene rings is 2. The van der Waals surface area contributed by atoms with E-state index in [0.717, 1.165) is 0 Å². The molecule has 11 heteroatoms. The zero-order valence-corrected chi connectivity index (χ0v) is 22.5. The van der Waals surface area contributed by atoms with Crippen molar-refractivity contribution in [1.82, 2.24) is 20.1 Å². The Balaban J connectivity index is 1.77. The molecule has 2 aromatic carbocycles. The molecule has 0 unspecified atom stereocenters. The van der Waals surface area contributed by atoms with Gasteiger partial charge in [-0.2, -0.15) is 0 Å². The standard InChI is InChI=1S/C25H27Cl2N5O3S/c1-5-12-32-23(22(15(2)3)29-24(34)17-11-10-16(26)13-18(17)27)30-31-25(32)36-14-21(33)28-19-8-6-7-9-20(19)35-4/h5-11,13,15,22H,1,12,14H2,2-4H3,(H,28,33)(H,29,34)/t22-/m0/s1. The fourth-order valence-corrected chi connectivity index (χ4v) is 4.67. The van der Waals surface area contributed by atoms with Crippen LogP contribution in [0.2, 0.25) is 10.0 Å². The third-order valence-electron chi connectivity index (χ3n) is 5.18. The number of methoxy groups -OCH3 is 1. The van der Waals surface area contributed by atoms with E-state index in [4.69, 9.17) is 27.9 Å². The van der Waals surface area contributed by atoms with Gasteiger partial charge in [-0.15, -0.1) is 16.8 Å². The summed E-state index contributed by atoms with van der Waals surface area (Å²) >= 11 is 13.4. The van der Waals surface area contributed by atoms with Crippen molar-refractivity contribution >= 4 is 52.5 Å². The first kappa shape index (κ1) is 27.6. The van der Waals surface area contributed by atoms with Crippen molar-refractivity contribution in [3.63, 3.8) is 0 Å². The van der Waals surface area contributed by atoms with Gasteiger partial charge in [-0.3, -0.25) is 9.59 Å². The highest BCUT2D eigenvalue weighted by Gasteiger charge is 2.27. The largest absolute Gasteiger partial charge is 0.495 e. The van der Waals surface area contributed by atoms with Crippen LogP contribution in [0.5, 0.6) is 5.75 Å². The third kappa shape index (κ3) is 6.81. The van der Waals surface area contributed by atoms with E-state index in [0.29, 0.717) is 39.5 Å². The Kier molecular flexibility index (Phi) is 9.81. The Hall–Kier alpha value is -3.01. The minimum absolute atomic E-state index is 0.0144. The summed E-state index contributed by atoms with van der Waals surface area (Å²) in [6, 6.07) is 11.4. The van der Waals surface area contributed by atoms with Crippen molar-refractivity contribution in [2.75, 3.05) is 18.2 Å². The van der Waals surface area contributed by atoms with E-state index in [1.54, 1.807) is 37.5 Å². The summed E-state index contributed by atoms with van der Waals surface area (Å²) in [5.41, 5.74) is 0.895. The van der Waals surface area contributed by atoms with Gasteiger partial charge in [0.15, 0.2) is 11.0 Å². The second-order valence-corrected chi connectivity index (χ2v) is 9.88. The number of hydrogen-bond donors (Lipinski definition) is 2. The van der Waals surface area contributed by atoms with Gasteiger partial charge in [-0.1, -0.05) is 67.0 Å². The molecular formula is C25H27Cl2N5O3S. The summed E-state index contributed by atoms with van der Waals surface area (Å²) in [5.74, 6) is 0.644. The Morgan fingerprint density at radius 1 is 1.19 bits per heavy atom. The molecule has 1 atom stereocenters. The topological polar surface area (TPSA) is 98.1 Å². The number of allylic oxidation sites excluding steroid dienone is 1. The predicted octanol–water partition coefficient (Wildman–Crippen LogP) is 5.64. The van der Waals surface area contributed by atoms with Crippen LogP contribution in [0, 0.1) is 5.92 Å². The van der Waals surface area contributed by atoms with Gasteiger partial charge in [0.25, 0.3) is 5.91 Å². The van der Waals surface area contributed by atoms with E-state index in [9.17, 15) is 9.59 Å². The van der Waals surface area contributed by atoms with Crippen LogP contribution in [0.1, 0.15) is 36.1 Å². The van der Waals surface area contributed by atoms with Crippen molar-refractivity contribution in [2.45, 2.75) is 31.6 Å². The summed E-state index contributed by atoms with van der Waals surface area (Å²) in [5, 5.41) is 15.7. The highest BCUT2D eigenvalue weighted by molar-refractivity contribution is 7.99. The first-order valence-electron chi connectivity index (χ1n) is 11.1. The van der Waals surface area contributed by atoms with Crippen LogP contribution in [-0.2, 0) is 11.3 Å². The minimum Gasteiger partial charge on any atom is -0.495 e. The number of thioether (sulfide) groups is 1. The minimum atomic E-state index is -0.464. The lowest BCUT2D eigenvalue weighted by Gasteiger charge is -2.23. The molecule has 0 saturated heterocycles. The quantitative estimate of drug-likeness (QED) is 0.238. The second kappa shape index (κ2) is 12.8. The number of carbonyl (C=O) groups is 2. The van der Waals surface area contributed by atoms with Crippen LogP contribution in [0.15, 0.2) is 60.3 Å². The Morgan fingerprint density at radius 3 is 2.61 bits per heavy atom. The van der Waals surface area contributed by atoms with Gasteiger partial charge in [-0.25, -0.2) is 0 Å². The summed E-state index contributed by atoms with van der Waals surface area (Å²) in [6.45, 7) is 8.16. The highest BCUT2D eigenvalue weighted by Crippen LogP contribution is 2.28. The average Bonchev–Trinajstić information content (AvgIpc) is 3.23. The molecule has 1 heterocycles. The van der Waals surface area contributed by atoms with Gasteiger partial charge < -0.3 is 19.9 Å². The van der Waals surface area contributed by atoms with Crippen LogP contribution >= 0.6 is 35.0 Å². The van der Waals surface area contributed by atoms with E-state index in [-0.39, 0.29) is 28.5 Å². The molecular weight excluding hydrogens is 521 g/mol. The van der Waals surface area contributed by atoms with Gasteiger partial charge in [-0.05, 0) is 36.2 Å². The molecule has 1 aromatic heterocycles. The number of ether oxygens (including phenoxy) is 1. The van der Waals surface area contributed by atoms with E-state index >= 15 is 0 Å². The van der Waals surface area contributed by atoms with Crippen molar-refractivity contribution in [2.24, 2.45) is 5.92 Å². The van der Waals surface area contributed by atoms with E-state index in [1.165, 1.54) is 17.8 Å². The molecule has 0 aliphatic rings. The molecule has 0 aliphatic carbocycles. The maximum absolute atomic E-state index is 13.0. The van der Waals surface area contributed by atoms with Gasteiger partial charge in [0.1, 0.15) is 5.75 Å². The molecule has 0 aliphatic heterocycles. The molecule has 0 fully saturated rings. The summed E-state index contributed by atoms with van der Waals surface area (Å²) in [6.07, 6.45) is 1.71. The number of aromatic nitrogens is 3. The predicted molar refractivity (Wildman–Crippen MR) is 144 cm³/mol. The smallest absolute Gasteiger partial charge is 0.253 e. The van der Waals surface area contributed by atoms with E-state index in [1.807, 2.05) is 30.5 Å². The molecule has 3 aromatic rings. The number of anilines is 1. The Morgan fingerprint density at radius 2 is 1.94 bits per heavy atom. The highest BCUT2D eigenvalue weighted by atomic mass is 35.5. The van der Waals surface area contributed by atoms with Gasteiger partial charge in [0, 0.05) is 11.6 Å². The first-order chi connectivity index (χ1) is 17.2. The third-order valence-corrected chi connectivity index (χ3v) is 6.69. The summed E-state index contributed by atoms with van der Waals surface area (Å²) in [4.78, 5) is 25.6. The van der Waals surface area contributed by atoms with E-state index in [2.05, 4.69) is 27.4 Å². The zero-order chi connectivity index (χ0) is 26.2. The number of para-hydroxylation sites is 2. The molecule has 0 saturated carbocycles. The fourth-order valence-electron chi connectivity index (χ4n) is 3.42. The number of hydrogen-bond acceptors (Lipinski definition) is 6. The molecule has 190 valence electrons. The molecule has 3 rings (SSSR count). The average molecular weight is 548 g/mol. The number of carbonyl (C=O) groups excluding carboxylic acids is 2. The fraction of sp³-hybridized carbons (Fsp3) is 0.280. The normalized spacial score (nSPS) is 11.7. The van der Waals surface area contributed by atoms with Crippen LogP contribution in [0.4, 0.5) is 5.69 Å². The van der Waals surface area contributed by atoms with Crippen molar-refractivity contribution in [1.29, 1.82) is 0 Å². The molecule has 0 spiro atoms. The van der Waals surface area contributed by atoms with Crippen LogP contribution in [0.25, 0.3) is 0 Å². The summed E-state index contributed by atoms with van der Waals surface area (Å²) in [7, 11) is 1.55. The molecule has 8 nitrogen and oxygen atoms in total. The number of amides is 2. The van der Waals surface area contributed by atoms with Crippen molar-refractivity contribution < 1.29 is 14.3 Å². The molecule has 36 heavy (non-hydrogen) atoms. The Labute approximate surface area is 224 Å². The summed E-state index contributed by atoms with van der Waals surface area (Å²) < 4.78 is 7.12. The van der Waals surface area contributed by atoms with Gasteiger partial charge in [0.2, 0.25) is 5.91 Å². The number of rotatable bonds is 11. The SMILES string of the molecule is C=CCn1c(SCC(=O)Nc2ccccc2OC)nnc1[C@@H](NC(=O)c1ccc(Cl)cc1Cl)C(C)C. The van der Waals surface area contributed by atoms with Crippen molar-refractivity contribution in [3.8, 4) is 5.75 Å². The van der Waals surface area contributed by atoms with Crippen LogP contribution in [0.3, 0.4) is 0 Å². The maximum atomic E-state index is 13.0. The zero-order valence-electron chi connectivity index (χ0n) is 20.1. The van der Waals surface area contributed by atoms with Gasteiger partial charge >= 0.3 is 0 Å². The lowest BCUT2D eigenvalue weighted by Crippen LogP contribution is -2.34. The molecule has 0 bridgehead atoms. The molecule has 2 N–H and O–H groups in total. The molecule has 2 amide bonds. The Bertz CT molecular complexity index is 1250. The monoisotopic (exact) mass is 547 g/mol.